The van der Waals surface area contributed by atoms with Crippen LogP contribution in [0.1, 0.15) is 30.9 Å². The molecule has 2 fully saturated rings. The molecule has 3 N–H and O–H groups in total. The molecule has 1 aliphatic heterocycles. The largest absolute Gasteiger partial charge is 0.488 e. The van der Waals surface area contributed by atoms with Crippen LogP contribution >= 0.6 is 11.6 Å². The summed E-state index contributed by atoms with van der Waals surface area (Å²) in [6, 6.07) is 8.65. The number of anilines is 1. The fourth-order valence-corrected chi connectivity index (χ4v) is 3.68. The van der Waals surface area contributed by atoms with Crippen molar-refractivity contribution in [2.75, 3.05) is 31.6 Å². The predicted molar refractivity (Wildman–Crippen MR) is 115 cm³/mol. The highest BCUT2D eigenvalue weighted by Gasteiger charge is 2.29. The topological polar surface area (TPSA) is 91.7 Å². The fraction of sp³-hybridized carbons (Fsp3) is 0.524. The Labute approximate surface area is 181 Å². The molecule has 0 bridgehead atoms. The summed E-state index contributed by atoms with van der Waals surface area (Å²) in [5, 5.41) is 20.4. The lowest BCUT2D eigenvalue weighted by Crippen LogP contribution is -2.55. The number of hydrogen-bond acceptors (Lipinski definition) is 5. The van der Waals surface area contributed by atoms with Crippen molar-refractivity contribution >= 4 is 23.4 Å². The van der Waals surface area contributed by atoms with E-state index in [0.717, 1.165) is 43.9 Å². The first-order valence-electron chi connectivity index (χ1n) is 10.4. The maximum Gasteiger partial charge on any atom is 0.320 e. The number of amides is 2. The Morgan fingerprint density at radius 1 is 1.33 bits per heavy atom. The monoisotopic (exact) mass is 433 g/mol. The number of aliphatic hydroxyl groups is 1. The van der Waals surface area contributed by atoms with Crippen LogP contribution < -0.4 is 15.4 Å². The quantitative estimate of drug-likeness (QED) is 0.565. The van der Waals surface area contributed by atoms with Crippen LogP contribution in [0.3, 0.4) is 0 Å². The van der Waals surface area contributed by atoms with Crippen LogP contribution in [0.25, 0.3) is 0 Å². The van der Waals surface area contributed by atoms with Gasteiger partial charge >= 0.3 is 6.03 Å². The van der Waals surface area contributed by atoms with E-state index >= 15 is 0 Å². The number of aliphatic hydroxyl groups excluding tert-OH is 1. The SMILES string of the molecule is Cn1nc(C2CC2)cc1NC(=O)NC(CO)CCN1CC(Oc2ccc(Cl)cc2)C1. The van der Waals surface area contributed by atoms with Crippen molar-refractivity contribution in [3.8, 4) is 5.75 Å². The summed E-state index contributed by atoms with van der Waals surface area (Å²) >= 11 is 5.89. The Balaban J connectivity index is 1.16. The first-order valence-corrected chi connectivity index (χ1v) is 10.7. The van der Waals surface area contributed by atoms with Gasteiger partial charge in [-0.05, 0) is 43.5 Å². The third-order valence-corrected chi connectivity index (χ3v) is 5.78. The van der Waals surface area contributed by atoms with Gasteiger partial charge < -0.3 is 15.2 Å². The van der Waals surface area contributed by atoms with Gasteiger partial charge in [-0.15, -0.1) is 0 Å². The molecule has 162 valence electrons. The molecule has 2 heterocycles. The van der Waals surface area contributed by atoms with Crippen molar-refractivity contribution in [3.05, 3.63) is 41.0 Å². The second kappa shape index (κ2) is 9.24. The Morgan fingerprint density at radius 3 is 2.73 bits per heavy atom. The molecule has 8 nitrogen and oxygen atoms in total. The number of aryl methyl sites for hydroxylation is 1. The number of benzene rings is 1. The number of carbonyl (C=O) groups excluding carboxylic acids is 1. The zero-order valence-corrected chi connectivity index (χ0v) is 17.8. The summed E-state index contributed by atoms with van der Waals surface area (Å²) in [4.78, 5) is 14.6. The minimum atomic E-state index is -0.327. The first-order chi connectivity index (χ1) is 14.5. The number of rotatable bonds is 9. The summed E-state index contributed by atoms with van der Waals surface area (Å²) in [5.74, 6) is 2.01. The van der Waals surface area contributed by atoms with E-state index < -0.39 is 0 Å². The average molecular weight is 434 g/mol. The van der Waals surface area contributed by atoms with Gasteiger partial charge in [0, 0.05) is 43.7 Å². The van der Waals surface area contributed by atoms with Crippen LogP contribution in [0.4, 0.5) is 10.6 Å². The van der Waals surface area contributed by atoms with Gasteiger partial charge in [-0.1, -0.05) is 11.6 Å². The maximum atomic E-state index is 12.3. The molecule has 2 amide bonds. The van der Waals surface area contributed by atoms with Gasteiger partial charge in [-0.2, -0.15) is 5.10 Å². The first kappa shape index (κ1) is 21.0. The Morgan fingerprint density at radius 2 is 2.07 bits per heavy atom. The molecule has 1 saturated heterocycles. The van der Waals surface area contributed by atoms with E-state index in [-0.39, 0.29) is 24.8 Å². The lowest BCUT2D eigenvalue weighted by atomic mass is 10.1. The van der Waals surface area contributed by atoms with Crippen LogP contribution in [-0.2, 0) is 7.05 Å². The molecule has 2 aliphatic rings. The maximum absolute atomic E-state index is 12.3. The Kier molecular flexibility index (Phi) is 6.46. The molecule has 1 atom stereocenters. The van der Waals surface area contributed by atoms with E-state index in [1.54, 1.807) is 4.68 Å². The number of ether oxygens (including phenoxy) is 1. The number of nitrogens with one attached hydrogen (secondary N) is 2. The average Bonchev–Trinajstić information content (AvgIpc) is 3.48. The van der Waals surface area contributed by atoms with Gasteiger partial charge in [0.1, 0.15) is 17.7 Å². The van der Waals surface area contributed by atoms with Crippen molar-refractivity contribution < 1.29 is 14.6 Å². The summed E-state index contributed by atoms with van der Waals surface area (Å²) < 4.78 is 7.58. The van der Waals surface area contributed by atoms with E-state index in [1.165, 1.54) is 0 Å². The van der Waals surface area contributed by atoms with Gasteiger partial charge in [0.2, 0.25) is 0 Å². The normalized spacial score (nSPS) is 18.0. The van der Waals surface area contributed by atoms with Gasteiger partial charge in [0.05, 0.1) is 18.3 Å². The standard InChI is InChI=1S/C21H28ClN5O3/c1-26-20(10-19(25-26)14-2-3-14)24-21(29)23-16(13-28)8-9-27-11-18(12-27)30-17-6-4-15(22)5-7-17/h4-7,10,14,16,18,28H,2-3,8-9,11-13H2,1H3,(H2,23,24,29). The molecule has 9 heteroatoms. The van der Waals surface area contributed by atoms with Crippen molar-refractivity contribution in [1.29, 1.82) is 0 Å². The lowest BCUT2D eigenvalue weighted by molar-refractivity contribution is 0.0168. The minimum Gasteiger partial charge on any atom is -0.488 e. The number of halogens is 1. The van der Waals surface area contributed by atoms with E-state index in [0.29, 0.717) is 23.2 Å². The van der Waals surface area contributed by atoms with Gasteiger partial charge in [-0.25, -0.2) is 4.79 Å². The number of carbonyl (C=O) groups is 1. The van der Waals surface area contributed by atoms with Crippen LogP contribution in [0.2, 0.25) is 5.02 Å². The Hall–Kier alpha value is -2.29. The molecule has 4 rings (SSSR count). The second-order valence-corrected chi connectivity index (χ2v) is 8.51. The molecule has 0 spiro atoms. The highest BCUT2D eigenvalue weighted by Crippen LogP contribution is 2.39. The molecular formula is C21H28ClN5O3. The smallest absolute Gasteiger partial charge is 0.320 e. The van der Waals surface area contributed by atoms with E-state index in [4.69, 9.17) is 16.3 Å². The van der Waals surface area contributed by atoms with Crippen LogP contribution in [-0.4, -0.2) is 64.2 Å². The zero-order valence-electron chi connectivity index (χ0n) is 17.1. The minimum absolute atomic E-state index is 0.106. The number of aromatic nitrogens is 2. The van der Waals surface area contributed by atoms with Crippen LogP contribution in [0.15, 0.2) is 30.3 Å². The molecule has 1 aromatic heterocycles. The third-order valence-electron chi connectivity index (χ3n) is 5.53. The lowest BCUT2D eigenvalue weighted by Gasteiger charge is -2.39. The van der Waals surface area contributed by atoms with Crippen molar-refractivity contribution in [1.82, 2.24) is 20.0 Å². The number of nitrogens with zero attached hydrogens (tertiary/aromatic N) is 3. The van der Waals surface area contributed by atoms with Gasteiger partial charge in [-0.3, -0.25) is 14.9 Å². The zero-order chi connectivity index (χ0) is 21.1. The summed E-state index contributed by atoms with van der Waals surface area (Å²) in [5.41, 5.74) is 1.03. The van der Waals surface area contributed by atoms with Crippen molar-refractivity contribution in [3.63, 3.8) is 0 Å². The molecule has 1 saturated carbocycles. The molecule has 1 aromatic carbocycles. The van der Waals surface area contributed by atoms with Gasteiger partial charge in [0.15, 0.2) is 0 Å². The second-order valence-electron chi connectivity index (χ2n) is 8.07. The fourth-order valence-electron chi connectivity index (χ4n) is 3.56. The number of hydrogen-bond donors (Lipinski definition) is 3. The Bertz CT molecular complexity index is 862. The molecule has 1 unspecified atom stereocenters. The highest BCUT2D eigenvalue weighted by molar-refractivity contribution is 6.30. The van der Waals surface area contributed by atoms with Crippen LogP contribution in [0, 0.1) is 0 Å². The predicted octanol–water partition coefficient (Wildman–Crippen LogP) is 2.59. The van der Waals surface area contributed by atoms with Crippen molar-refractivity contribution in [2.24, 2.45) is 7.05 Å². The third kappa shape index (κ3) is 5.44. The highest BCUT2D eigenvalue weighted by atomic mass is 35.5. The number of likely N-dealkylation sites (tertiary alicyclic amines) is 1. The molecule has 2 aromatic rings. The van der Waals surface area contributed by atoms with E-state index in [2.05, 4.69) is 20.6 Å². The van der Waals surface area contributed by atoms with Gasteiger partial charge in [0.25, 0.3) is 0 Å². The van der Waals surface area contributed by atoms with Crippen molar-refractivity contribution in [2.45, 2.75) is 37.3 Å². The van der Waals surface area contributed by atoms with E-state index in [9.17, 15) is 9.90 Å². The molecular weight excluding hydrogens is 406 g/mol. The summed E-state index contributed by atoms with van der Waals surface area (Å²) in [6.07, 6.45) is 3.14. The summed E-state index contributed by atoms with van der Waals surface area (Å²) in [6.45, 7) is 2.33. The number of urea groups is 1. The molecule has 1 aliphatic carbocycles. The molecule has 0 radical (unpaired) electrons. The van der Waals surface area contributed by atoms with Crippen LogP contribution in [0.5, 0.6) is 5.75 Å². The molecule has 30 heavy (non-hydrogen) atoms. The summed E-state index contributed by atoms with van der Waals surface area (Å²) in [7, 11) is 1.82. The van der Waals surface area contributed by atoms with E-state index in [1.807, 2.05) is 37.4 Å².